The molecule has 0 saturated heterocycles. The molecule has 0 heterocycles. The van der Waals surface area contributed by atoms with E-state index in [4.69, 9.17) is 0 Å². The van der Waals surface area contributed by atoms with Gasteiger partial charge in [-0.2, -0.15) is 0 Å². The zero-order chi connectivity index (χ0) is 14.7. The summed E-state index contributed by atoms with van der Waals surface area (Å²) < 4.78 is 29.4. The van der Waals surface area contributed by atoms with E-state index in [9.17, 15) is 13.2 Å². The van der Waals surface area contributed by atoms with Crippen molar-refractivity contribution in [3.8, 4) is 0 Å². The minimum Gasteiger partial charge on any atom is -0.469 e. The lowest BCUT2D eigenvalue weighted by Crippen LogP contribution is -2.42. The average molecular weight is 291 g/mol. The molecule has 5 nitrogen and oxygen atoms in total. The van der Waals surface area contributed by atoms with E-state index >= 15 is 0 Å². The Kier molecular flexibility index (Phi) is 5.38. The van der Waals surface area contributed by atoms with E-state index in [-0.39, 0.29) is 29.6 Å². The van der Waals surface area contributed by atoms with Crippen molar-refractivity contribution >= 4 is 15.8 Å². The second-order valence-corrected chi connectivity index (χ2v) is 7.97. The number of ether oxygens (including phenoxy) is 1. The molecule has 0 aromatic rings. The van der Waals surface area contributed by atoms with Gasteiger partial charge in [0.15, 0.2) is 9.84 Å². The molecule has 1 saturated carbocycles. The van der Waals surface area contributed by atoms with Crippen molar-refractivity contribution in [2.45, 2.75) is 51.3 Å². The number of methoxy groups -OCH3 is 1. The normalized spacial score (nSPS) is 20.6. The average Bonchev–Trinajstić information content (AvgIpc) is 3.06. The lowest BCUT2D eigenvalue weighted by molar-refractivity contribution is -0.141. The molecule has 0 aliphatic heterocycles. The first-order valence-electron chi connectivity index (χ1n) is 6.78. The van der Waals surface area contributed by atoms with Gasteiger partial charge in [0.05, 0.1) is 24.5 Å². The van der Waals surface area contributed by atoms with Crippen LogP contribution in [0.1, 0.15) is 40.0 Å². The van der Waals surface area contributed by atoms with E-state index in [1.807, 2.05) is 13.8 Å². The highest BCUT2D eigenvalue weighted by atomic mass is 32.2. The first kappa shape index (κ1) is 16.4. The van der Waals surface area contributed by atoms with Gasteiger partial charge in [0.1, 0.15) is 0 Å². The Morgan fingerprint density at radius 2 is 1.95 bits per heavy atom. The number of nitrogens with one attached hydrogen (secondary N) is 1. The topological polar surface area (TPSA) is 72.5 Å². The van der Waals surface area contributed by atoms with Crippen LogP contribution in [0.3, 0.4) is 0 Å². The van der Waals surface area contributed by atoms with Crippen LogP contribution in [0, 0.1) is 5.41 Å². The van der Waals surface area contributed by atoms with Gasteiger partial charge in [0, 0.05) is 6.04 Å². The van der Waals surface area contributed by atoms with Gasteiger partial charge in [-0.1, -0.05) is 6.92 Å². The van der Waals surface area contributed by atoms with Crippen molar-refractivity contribution in [1.82, 2.24) is 5.32 Å². The van der Waals surface area contributed by atoms with Gasteiger partial charge in [0.2, 0.25) is 0 Å². The predicted molar refractivity (Wildman–Crippen MR) is 74.7 cm³/mol. The second kappa shape index (κ2) is 6.22. The Bertz CT molecular complexity index is 414. The molecule has 6 heteroatoms. The van der Waals surface area contributed by atoms with Crippen LogP contribution in [-0.4, -0.2) is 45.1 Å². The maximum atomic E-state index is 12.4. The molecule has 2 atom stereocenters. The molecular formula is C13H25NO4S. The Balaban J connectivity index is 2.66. The zero-order valence-electron chi connectivity index (χ0n) is 12.2. The standard InChI is InChI=1S/C13H25NO4S/c1-5-14-10(2)11(3)19(16,17)9-13(6-7-13)8-12(15)18-4/h10-11,14H,5-9H2,1-4H3. The number of hydrogen-bond donors (Lipinski definition) is 1. The van der Waals surface area contributed by atoms with Crippen molar-refractivity contribution in [3.63, 3.8) is 0 Å². The fourth-order valence-corrected chi connectivity index (χ4v) is 4.51. The summed E-state index contributed by atoms with van der Waals surface area (Å²) >= 11 is 0. The van der Waals surface area contributed by atoms with Crippen molar-refractivity contribution in [1.29, 1.82) is 0 Å². The second-order valence-electron chi connectivity index (χ2n) is 5.61. The lowest BCUT2D eigenvalue weighted by Gasteiger charge is -2.23. The highest BCUT2D eigenvalue weighted by Gasteiger charge is 2.49. The van der Waals surface area contributed by atoms with E-state index in [1.165, 1.54) is 7.11 Å². The minimum absolute atomic E-state index is 0.0797. The van der Waals surface area contributed by atoms with Crippen molar-refractivity contribution < 1.29 is 17.9 Å². The lowest BCUT2D eigenvalue weighted by atomic mass is 10.1. The Morgan fingerprint density at radius 1 is 1.37 bits per heavy atom. The Hall–Kier alpha value is -0.620. The molecule has 1 aliphatic rings. The maximum Gasteiger partial charge on any atom is 0.306 e. The fourth-order valence-electron chi connectivity index (χ4n) is 2.28. The first-order chi connectivity index (χ1) is 8.76. The predicted octanol–water partition coefficient (Wildman–Crippen LogP) is 1.13. The number of carbonyl (C=O) groups excluding carboxylic acids is 1. The third-order valence-corrected chi connectivity index (χ3v) is 6.56. The number of hydrogen-bond acceptors (Lipinski definition) is 5. The van der Waals surface area contributed by atoms with Crippen LogP contribution in [0.15, 0.2) is 0 Å². The largest absolute Gasteiger partial charge is 0.469 e. The van der Waals surface area contributed by atoms with Gasteiger partial charge in [-0.25, -0.2) is 8.42 Å². The van der Waals surface area contributed by atoms with Gasteiger partial charge in [-0.05, 0) is 38.6 Å². The summed E-state index contributed by atoms with van der Waals surface area (Å²) in [7, 11) is -1.86. The van der Waals surface area contributed by atoms with Gasteiger partial charge in [-0.3, -0.25) is 4.79 Å². The summed E-state index contributed by atoms with van der Waals surface area (Å²) in [6, 6.07) is -0.0797. The Labute approximate surface area is 116 Å². The van der Waals surface area contributed by atoms with Crippen LogP contribution >= 0.6 is 0 Å². The van der Waals surface area contributed by atoms with Gasteiger partial charge in [-0.15, -0.1) is 0 Å². The summed E-state index contributed by atoms with van der Waals surface area (Å²) in [5.41, 5.74) is -0.369. The number of esters is 1. The van der Waals surface area contributed by atoms with E-state index < -0.39 is 15.1 Å². The zero-order valence-corrected chi connectivity index (χ0v) is 13.0. The van der Waals surface area contributed by atoms with Crippen LogP contribution in [0.25, 0.3) is 0 Å². The number of sulfone groups is 1. The van der Waals surface area contributed by atoms with Crippen LogP contribution in [-0.2, 0) is 19.4 Å². The molecule has 0 aromatic heterocycles. The molecule has 0 radical (unpaired) electrons. The summed E-state index contributed by atoms with van der Waals surface area (Å²) in [5, 5.41) is 2.70. The third kappa shape index (κ3) is 4.45. The molecular weight excluding hydrogens is 266 g/mol. The summed E-state index contributed by atoms with van der Waals surface area (Å²) in [6.45, 7) is 6.31. The fraction of sp³-hybridized carbons (Fsp3) is 0.923. The highest BCUT2D eigenvalue weighted by molar-refractivity contribution is 7.92. The molecule has 112 valence electrons. The van der Waals surface area contributed by atoms with E-state index in [1.54, 1.807) is 6.92 Å². The van der Waals surface area contributed by atoms with Crippen molar-refractivity contribution in [2.24, 2.45) is 5.41 Å². The van der Waals surface area contributed by atoms with E-state index in [0.717, 1.165) is 19.4 Å². The van der Waals surface area contributed by atoms with Crippen molar-refractivity contribution in [2.75, 3.05) is 19.4 Å². The van der Waals surface area contributed by atoms with Crippen LogP contribution < -0.4 is 5.32 Å². The number of rotatable bonds is 8. The highest BCUT2D eigenvalue weighted by Crippen LogP contribution is 2.50. The molecule has 0 spiro atoms. The molecule has 0 aromatic carbocycles. The van der Waals surface area contributed by atoms with Gasteiger partial charge in [0.25, 0.3) is 0 Å². The van der Waals surface area contributed by atoms with Gasteiger partial charge < -0.3 is 10.1 Å². The van der Waals surface area contributed by atoms with E-state index in [2.05, 4.69) is 10.1 Å². The summed E-state index contributed by atoms with van der Waals surface area (Å²) in [6.07, 6.45) is 1.80. The Morgan fingerprint density at radius 3 is 2.37 bits per heavy atom. The molecule has 1 fully saturated rings. The molecule has 1 rings (SSSR count). The molecule has 0 amide bonds. The minimum atomic E-state index is -3.20. The van der Waals surface area contributed by atoms with E-state index in [0.29, 0.717) is 0 Å². The number of carbonyl (C=O) groups is 1. The quantitative estimate of drug-likeness (QED) is 0.679. The van der Waals surface area contributed by atoms with Gasteiger partial charge >= 0.3 is 5.97 Å². The molecule has 0 bridgehead atoms. The molecule has 19 heavy (non-hydrogen) atoms. The SMILES string of the molecule is CCNC(C)C(C)S(=O)(=O)CC1(CC(=O)OC)CC1. The first-order valence-corrected chi connectivity index (χ1v) is 8.49. The molecule has 2 unspecified atom stereocenters. The molecule has 1 aliphatic carbocycles. The van der Waals surface area contributed by atoms with Crippen LogP contribution in [0.4, 0.5) is 0 Å². The third-order valence-electron chi connectivity index (χ3n) is 4.01. The summed E-state index contributed by atoms with van der Waals surface area (Å²) in [5.74, 6) is -0.230. The summed E-state index contributed by atoms with van der Waals surface area (Å²) in [4.78, 5) is 11.3. The maximum absolute atomic E-state index is 12.4. The van der Waals surface area contributed by atoms with Crippen LogP contribution in [0.2, 0.25) is 0 Å². The smallest absolute Gasteiger partial charge is 0.306 e. The monoisotopic (exact) mass is 291 g/mol. The van der Waals surface area contributed by atoms with Crippen LogP contribution in [0.5, 0.6) is 0 Å². The molecule has 1 N–H and O–H groups in total. The van der Waals surface area contributed by atoms with Crippen molar-refractivity contribution in [3.05, 3.63) is 0 Å².